The van der Waals surface area contributed by atoms with Crippen molar-refractivity contribution in [2.75, 3.05) is 27.3 Å². The summed E-state index contributed by atoms with van der Waals surface area (Å²) in [6.07, 6.45) is 1.80. The highest BCUT2D eigenvalue weighted by molar-refractivity contribution is 4.86. The minimum atomic E-state index is 0.316. The van der Waals surface area contributed by atoms with Crippen molar-refractivity contribution < 1.29 is 9.47 Å². The van der Waals surface area contributed by atoms with E-state index < -0.39 is 0 Å². The van der Waals surface area contributed by atoms with E-state index in [1.54, 1.807) is 7.11 Å². The number of hydrogen-bond acceptors (Lipinski definition) is 3. The fraction of sp³-hybridized carbons (Fsp3) is 1.00. The van der Waals surface area contributed by atoms with Gasteiger partial charge in [-0.25, -0.2) is 0 Å². The lowest BCUT2D eigenvalue weighted by Gasteiger charge is -2.25. The molecule has 0 saturated carbocycles. The van der Waals surface area contributed by atoms with Gasteiger partial charge in [0.05, 0.1) is 24.9 Å². The zero-order valence-electron chi connectivity index (χ0n) is 9.12. The summed E-state index contributed by atoms with van der Waals surface area (Å²) in [4.78, 5) is 2.32. The monoisotopic (exact) mass is 187 g/mol. The third kappa shape index (κ3) is 2.93. The normalized spacial score (nSPS) is 30.2. The first kappa shape index (κ1) is 11.0. The van der Waals surface area contributed by atoms with Gasteiger partial charge in [-0.1, -0.05) is 0 Å². The molecule has 3 nitrogen and oxygen atoms in total. The topological polar surface area (TPSA) is 21.7 Å². The Bertz CT molecular complexity index is 150. The maximum Gasteiger partial charge on any atom is 0.0768 e. The lowest BCUT2D eigenvalue weighted by atomic mass is 10.2. The number of ether oxygens (including phenoxy) is 2. The van der Waals surface area contributed by atoms with Crippen LogP contribution in [0.1, 0.15) is 20.3 Å². The maximum absolute atomic E-state index is 5.83. The molecule has 1 aliphatic heterocycles. The van der Waals surface area contributed by atoms with Crippen LogP contribution in [0.25, 0.3) is 0 Å². The Balaban J connectivity index is 2.43. The van der Waals surface area contributed by atoms with Gasteiger partial charge in [-0.05, 0) is 27.3 Å². The summed E-state index contributed by atoms with van der Waals surface area (Å²) in [5.41, 5.74) is 0. The summed E-state index contributed by atoms with van der Waals surface area (Å²) in [5, 5.41) is 0. The van der Waals surface area contributed by atoms with Gasteiger partial charge in [0.2, 0.25) is 0 Å². The maximum atomic E-state index is 5.83. The summed E-state index contributed by atoms with van der Waals surface area (Å²) in [5.74, 6) is 0. The van der Waals surface area contributed by atoms with Gasteiger partial charge < -0.3 is 9.47 Å². The van der Waals surface area contributed by atoms with E-state index in [1.807, 2.05) is 0 Å². The molecule has 1 aliphatic rings. The van der Waals surface area contributed by atoms with Crippen LogP contribution in [0, 0.1) is 0 Å². The van der Waals surface area contributed by atoms with Crippen LogP contribution in [0.2, 0.25) is 0 Å². The predicted octanol–water partition coefficient (Wildman–Crippen LogP) is 1.13. The zero-order chi connectivity index (χ0) is 9.84. The van der Waals surface area contributed by atoms with Gasteiger partial charge in [-0.3, -0.25) is 4.90 Å². The molecule has 0 radical (unpaired) electrons. The molecule has 0 aliphatic carbocycles. The molecule has 3 heteroatoms. The van der Waals surface area contributed by atoms with Crippen LogP contribution in [0.5, 0.6) is 0 Å². The smallest absolute Gasteiger partial charge is 0.0768 e. The van der Waals surface area contributed by atoms with Gasteiger partial charge in [-0.15, -0.1) is 0 Å². The van der Waals surface area contributed by atoms with Gasteiger partial charge in [0.15, 0.2) is 0 Å². The summed E-state index contributed by atoms with van der Waals surface area (Å²) in [6.45, 7) is 6.06. The molecule has 0 aromatic rings. The van der Waals surface area contributed by atoms with Crippen LogP contribution >= 0.6 is 0 Å². The van der Waals surface area contributed by atoms with Gasteiger partial charge >= 0.3 is 0 Å². The van der Waals surface area contributed by atoms with Gasteiger partial charge in [-0.2, -0.15) is 0 Å². The highest BCUT2D eigenvalue weighted by atomic mass is 16.5. The first-order valence-corrected chi connectivity index (χ1v) is 4.99. The van der Waals surface area contributed by atoms with E-state index in [9.17, 15) is 0 Å². The SMILES string of the molecule is COC[C@H]1[C@H](OC(C)C)CCN1C. The molecular formula is C10H21NO2. The molecule has 1 heterocycles. The number of rotatable bonds is 4. The van der Waals surface area contributed by atoms with E-state index >= 15 is 0 Å². The Morgan fingerprint density at radius 3 is 2.69 bits per heavy atom. The Kier molecular flexibility index (Phi) is 4.16. The molecular weight excluding hydrogens is 166 g/mol. The first-order chi connectivity index (χ1) is 6.15. The lowest BCUT2D eigenvalue weighted by Crippen LogP contribution is -2.38. The third-order valence-corrected chi connectivity index (χ3v) is 2.55. The Hall–Kier alpha value is -0.120. The van der Waals surface area contributed by atoms with E-state index in [0.717, 1.165) is 19.6 Å². The molecule has 1 rings (SSSR count). The van der Waals surface area contributed by atoms with Crippen LogP contribution in [0.4, 0.5) is 0 Å². The van der Waals surface area contributed by atoms with E-state index in [-0.39, 0.29) is 0 Å². The fourth-order valence-electron chi connectivity index (χ4n) is 1.89. The number of likely N-dealkylation sites (N-methyl/N-ethyl adjacent to an activating group) is 1. The predicted molar refractivity (Wildman–Crippen MR) is 52.9 cm³/mol. The quantitative estimate of drug-likeness (QED) is 0.658. The summed E-state index contributed by atoms with van der Waals surface area (Å²) in [7, 11) is 3.88. The van der Waals surface area contributed by atoms with Crippen LogP contribution in [-0.4, -0.2) is 50.5 Å². The van der Waals surface area contributed by atoms with Crippen molar-refractivity contribution in [3.63, 3.8) is 0 Å². The van der Waals surface area contributed by atoms with Gasteiger partial charge in [0, 0.05) is 13.7 Å². The van der Waals surface area contributed by atoms with Crippen LogP contribution < -0.4 is 0 Å². The van der Waals surface area contributed by atoms with Crippen LogP contribution in [0.15, 0.2) is 0 Å². The van der Waals surface area contributed by atoms with Crippen molar-refractivity contribution in [2.45, 2.75) is 38.5 Å². The highest BCUT2D eigenvalue weighted by Crippen LogP contribution is 2.20. The second kappa shape index (κ2) is 4.94. The van der Waals surface area contributed by atoms with E-state index in [1.165, 1.54) is 0 Å². The van der Waals surface area contributed by atoms with Crippen molar-refractivity contribution in [3.8, 4) is 0 Å². The Labute approximate surface area is 81.0 Å². The largest absolute Gasteiger partial charge is 0.383 e. The van der Waals surface area contributed by atoms with E-state index in [2.05, 4.69) is 25.8 Å². The molecule has 78 valence electrons. The van der Waals surface area contributed by atoms with E-state index in [4.69, 9.17) is 9.47 Å². The van der Waals surface area contributed by atoms with Crippen LogP contribution in [-0.2, 0) is 9.47 Å². The number of nitrogens with zero attached hydrogens (tertiary/aromatic N) is 1. The molecule has 0 aromatic carbocycles. The molecule has 1 fully saturated rings. The molecule has 0 aromatic heterocycles. The van der Waals surface area contributed by atoms with Crippen molar-refractivity contribution >= 4 is 0 Å². The molecule has 0 amide bonds. The first-order valence-electron chi connectivity index (χ1n) is 4.99. The second-order valence-corrected chi connectivity index (χ2v) is 4.02. The molecule has 0 N–H and O–H groups in total. The third-order valence-electron chi connectivity index (χ3n) is 2.55. The van der Waals surface area contributed by atoms with Crippen molar-refractivity contribution in [1.29, 1.82) is 0 Å². The highest BCUT2D eigenvalue weighted by Gasteiger charge is 2.32. The molecule has 0 bridgehead atoms. The van der Waals surface area contributed by atoms with E-state index in [0.29, 0.717) is 18.2 Å². The number of methoxy groups -OCH3 is 1. The molecule has 2 atom stereocenters. The lowest BCUT2D eigenvalue weighted by molar-refractivity contribution is -0.0274. The molecule has 1 saturated heterocycles. The summed E-state index contributed by atoms with van der Waals surface area (Å²) < 4.78 is 11.0. The van der Waals surface area contributed by atoms with Crippen molar-refractivity contribution in [1.82, 2.24) is 4.90 Å². The zero-order valence-corrected chi connectivity index (χ0v) is 9.12. The average Bonchev–Trinajstić information content (AvgIpc) is 2.35. The Morgan fingerprint density at radius 2 is 2.15 bits per heavy atom. The second-order valence-electron chi connectivity index (χ2n) is 4.02. The molecule has 0 unspecified atom stereocenters. The molecule has 13 heavy (non-hydrogen) atoms. The standard InChI is InChI=1S/C10H21NO2/c1-8(2)13-10-5-6-11(3)9(10)7-12-4/h8-10H,5-7H2,1-4H3/t9-,10+/m0/s1. The van der Waals surface area contributed by atoms with Crippen molar-refractivity contribution in [2.24, 2.45) is 0 Å². The average molecular weight is 187 g/mol. The summed E-state index contributed by atoms with van der Waals surface area (Å²) >= 11 is 0. The minimum absolute atomic E-state index is 0.316. The fourth-order valence-corrected chi connectivity index (χ4v) is 1.89. The Morgan fingerprint density at radius 1 is 1.46 bits per heavy atom. The summed E-state index contributed by atoms with van der Waals surface area (Å²) in [6, 6.07) is 0.437. The van der Waals surface area contributed by atoms with Crippen molar-refractivity contribution in [3.05, 3.63) is 0 Å². The number of hydrogen-bond donors (Lipinski definition) is 0. The van der Waals surface area contributed by atoms with Gasteiger partial charge in [0.1, 0.15) is 0 Å². The number of likely N-dealkylation sites (tertiary alicyclic amines) is 1. The van der Waals surface area contributed by atoms with Crippen LogP contribution in [0.3, 0.4) is 0 Å². The molecule has 0 spiro atoms. The van der Waals surface area contributed by atoms with Gasteiger partial charge in [0.25, 0.3) is 0 Å². The minimum Gasteiger partial charge on any atom is -0.383 e.